The van der Waals surface area contributed by atoms with Gasteiger partial charge in [-0.1, -0.05) is 30.3 Å². The second-order valence-electron chi connectivity index (χ2n) is 3.36. The fourth-order valence-corrected chi connectivity index (χ4v) is 2.11. The molecule has 2 aromatic rings. The van der Waals surface area contributed by atoms with Crippen LogP contribution in [0.1, 0.15) is 15.2 Å². The highest BCUT2D eigenvalue weighted by Gasteiger charge is 2.12. The lowest BCUT2D eigenvalue weighted by molar-refractivity contribution is 0.0953. The maximum atomic E-state index is 11.4. The molecule has 0 atom stereocenters. The Morgan fingerprint density at radius 2 is 2.06 bits per heavy atom. The minimum absolute atomic E-state index is 0.330. The molecule has 0 aliphatic rings. The Morgan fingerprint density at radius 1 is 1.29 bits per heavy atom. The molecule has 0 unspecified atom stereocenters. The predicted molar refractivity (Wildman–Crippen MR) is 66.7 cm³/mol. The Morgan fingerprint density at radius 3 is 2.76 bits per heavy atom. The molecule has 0 saturated carbocycles. The number of benzene rings is 1. The van der Waals surface area contributed by atoms with Gasteiger partial charge in [0.05, 0.1) is 0 Å². The number of hydrazine groups is 1. The first-order chi connectivity index (χ1) is 8.31. The van der Waals surface area contributed by atoms with Crippen molar-refractivity contribution >= 4 is 17.2 Å². The molecule has 2 rings (SSSR count). The molecule has 0 spiro atoms. The summed E-state index contributed by atoms with van der Waals surface area (Å²) in [7, 11) is 0. The fourth-order valence-electron chi connectivity index (χ4n) is 1.38. The van der Waals surface area contributed by atoms with Crippen molar-refractivity contribution in [3.8, 4) is 5.75 Å². The number of hydrogen-bond donors (Lipinski definition) is 2. The first-order valence-corrected chi connectivity index (χ1v) is 5.94. The van der Waals surface area contributed by atoms with Gasteiger partial charge in [0.1, 0.15) is 17.2 Å². The van der Waals surface area contributed by atoms with E-state index in [0.29, 0.717) is 17.2 Å². The molecule has 17 heavy (non-hydrogen) atoms. The molecule has 4 nitrogen and oxygen atoms in total. The zero-order valence-corrected chi connectivity index (χ0v) is 9.87. The van der Waals surface area contributed by atoms with Crippen molar-refractivity contribution < 1.29 is 9.53 Å². The van der Waals surface area contributed by atoms with Crippen molar-refractivity contribution in [2.45, 2.75) is 6.61 Å². The Kier molecular flexibility index (Phi) is 3.74. The summed E-state index contributed by atoms with van der Waals surface area (Å²) >= 11 is 1.30. The third-order valence-electron chi connectivity index (χ3n) is 2.20. The van der Waals surface area contributed by atoms with Gasteiger partial charge < -0.3 is 4.74 Å². The van der Waals surface area contributed by atoms with Gasteiger partial charge >= 0.3 is 0 Å². The molecule has 5 heteroatoms. The van der Waals surface area contributed by atoms with E-state index in [4.69, 9.17) is 10.6 Å². The van der Waals surface area contributed by atoms with E-state index in [-0.39, 0.29) is 5.91 Å². The molecule has 3 N–H and O–H groups in total. The van der Waals surface area contributed by atoms with Crippen LogP contribution >= 0.6 is 11.3 Å². The molecule has 0 radical (unpaired) electrons. The van der Waals surface area contributed by atoms with Gasteiger partial charge in [-0.05, 0) is 17.0 Å². The lowest BCUT2D eigenvalue weighted by atomic mass is 10.2. The topological polar surface area (TPSA) is 64.3 Å². The number of carbonyl (C=O) groups is 1. The second kappa shape index (κ2) is 5.47. The van der Waals surface area contributed by atoms with Crippen LogP contribution in [0.2, 0.25) is 0 Å². The van der Waals surface area contributed by atoms with E-state index in [1.165, 1.54) is 11.3 Å². The molecule has 1 heterocycles. The zero-order valence-electron chi connectivity index (χ0n) is 9.05. The summed E-state index contributed by atoms with van der Waals surface area (Å²) in [4.78, 5) is 11.9. The third kappa shape index (κ3) is 2.83. The van der Waals surface area contributed by atoms with Crippen molar-refractivity contribution in [2.75, 3.05) is 0 Å². The van der Waals surface area contributed by atoms with Crippen molar-refractivity contribution in [1.82, 2.24) is 5.43 Å². The number of nitrogens with two attached hydrogens (primary N) is 1. The lowest BCUT2D eigenvalue weighted by Gasteiger charge is -2.06. The highest BCUT2D eigenvalue weighted by Crippen LogP contribution is 2.25. The van der Waals surface area contributed by atoms with E-state index < -0.39 is 0 Å². The predicted octanol–water partition coefficient (Wildman–Crippen LogP) is 1.93. The minimum atomic E-state index is -0.330. The van der Waals surface area contributed by atoms with Crippen LogP contribution in [0.4, 0.5) is 0 Å². The van der Waals surface area contributed by atoms with E-state index in [2.05, 4.69) is 5.43 Å². The number of amides is 1. The average molecular weight is 248 g/mol. The lowest BCUT2D eigenvalue weighted by Crippen LogP contribution is -2.29. The summed E-state index contributed by atoms with van der Waals surface area (Å²) in [6.45, 7) is 0.433. The van der Waals surface area contributed by atoms with Gasteiger partial charge in [-0.25, -0.2) is 5.84 Å². The molecule has 0 aliphatic carbocycles. The van der Waals surface area contributed by atoms with Gasteiger partial charge in [0.15, 0.2) is 0 Å². The van der Waals surface area contributed by atoms with Crippen molar-refractivity contribution in [3.05, 3.63) is 52.2 Å². The van der Waals surface area contributed by atoms with Gasteiger partial charge in [0, 0.05) is 0 Å². The molecule has 1 aromatic heterocycles. The summed E-state index contributed by atoms with van der Waals surface area (Å²) in [6.07, 6.45) is 0. The van der Waals surface area contributed by atoms with Gasteiger partial charge in [0.2, 0.25) is 0 Å². The summed E-state index contributed by atoms with van der Waals surface area (Å²) in [6, 6.07) is 11.5. The largest absolute Gasteiger partial charge is 0.487 e. The summed E-state index contributed by atoms with van der Waals surface area (Å²) in [5.74, 6) is 5.32. The van der Waals surface area contributed by atoms with Crippen molar-refractivity contribution in [3.63, 3.8) is 0 Å². The van der Waals surface area contributed by atoms with Crippen LogP contribution in [-0.4, -0.2) is 5.91 Å². The second-order valence-corrected chi connectivity index (χ2v) is 4.28. The molecule has 1 aromatic carbocycles. The maximum absolute atomic E-state index is 11.4. The zero-order chi connectivity index (χ0) is 12.1. The van der Waals surface area contributed by atoms with Crippen LogP contribution in [0.15, 0.2) is 41.8 Å². The molecular weight excluding hydrogens is 236 g/mol. The van der Waals surface area contributed by atoms with Gasteiger partial charge in [-0.3, -0.25) is 10.2 Å². The van der Waals surface area contributed by atoms with Gasteiger partial charge in [-0.2, -0.15) is 0 Å². The fraction of sp³-hybridized carbons (Fsp3) is 0.0833. The van der Waals surface area contributed by atoms with Crippen LogP contribution in [0.5, 0.6) is 5.75 Å². The summed E-state index contributed by atoms with van der Waals surface area (Å²) < 4.78 is 5.58. The molecule has 0 saturated heterocycles. The van der Waals surface area contributed by atoms with Gasteiger partial charge in [-0.15, -0.1) is 11.3 Å². The van der Waals surface area contributed by atoms with Crippen molar-refractivity contribution in [2.24, 2.45) is 5.84 Å². The molecule has 0 fully saturated rings. The van der Waals surface area contributed by atoms with Crippen LogP contribution in [-0.2, 0) is 6.61 Å². The van der Waals surface area contributed by atoms with Crippen LogP contribution in [0.3, 0.4) is 0 Å². The van der Waals surface area contributed by atoms with Crippen molar-refractivity contribution in [1.29, 1.82) is 0 Å². The Balaban J connectivity index is 2.05. The standard InChI is InChI=1S/C12H12N2O2S/c13-14-12(15)11-10(6-7-17-11)16-8-9-4-2-1-3-5-9/h1-7H,8,13H2,(H,14,15). The van der Waals surface area contributed by atoms with Crippen LogP contribution in [0.25, 0.3) is 0 Å². The van der Waals surface area contributed by atoms with E-state index in [1.54, 1.807) is 11.4 Å². The number of hydrogen-bond acceptors (Lipinski definition) is 4. The summed E-state index contributed by atoms with van der Waals surface area (Å²) in [5, 5.41) is 1.80. The molecule has 0 aliphatic heterocycles. The Hall–Kier alpha value is -1.85. The minimum Gasteiger partial charge on any atom is -0.487 e. The van der Waals surface area contributed by atoms with E-state index in [0.717, 1.165) is 5.56 Å². The van der Waals surface area contributed by atoms with Crippen LogP contribution < -0.4 is 16.0 Å². The molecule has 1 amide bonds. The molecule has 0 bridgehead atoms. The SMILES string of the molecule is NNC(=O)c1sccc1OCc1ccccc1. The first-order valence-electron chi connectivity index (χ1n) is 5.06. The van der Waals surface area contributed by atoms with E-state index in [9.17, 15) is 4.79 Å². The van der Waals surface area contributed by atoms with E-state index >= 15 is 0 Å². The average Bonchev–Trinajstić information content (AvgIpc) is 2.85. The third-order valence-corrected chi connectivity index (χ3v) is 3.10. The first kappa shape index (κ1) is 11.6. The Labute approximate surface area is 103 Å². The highest BCUT2D eigenvalue weighted by atomic mass is 32.1. The smallest absolute Gasteiger partial charge is 0.279 e. The van der Waals surface area contributed by atoms with E-state index in [1.807, 2.05) is 30.3 Å². The number of thiophene rings is 1. The van der Waals surface area contributed by atoms with Crippen LogP contribution in [0, 0.1) is 0 Å². The monoisotopic (exact) mass is 248 g/mol. The molecular formula is C12H12N2O2S. The number of ether oxygens (including phenoxy) is 1. The Bertz CT molecular complexity index is 496. The normalized spacial score (nSPS) is 9.94. The number of carbonyl (C=O) groups excluding carboxylic acids is 1. The number of nitrogens with one attached hydrogen (secondary N) is 1. The number of nitrogen functional groups attached to an aromatic ring is 1. The maximum Gasteiger partial charge on any atom is 0.279 e. The highest BCUT2D eigenvalue weighted by molar-refractivity contribution is 7.12. The molecule has 88 valence electrons. The number of rotatable bonds is 4. The quantitative estimate of drug-likeness (QED) is 0.493. The van der Waals surface area contributed by atoms with Gasteiger partial charge in [0.25, 0.3) is 5.91 Å². The summed E-state index contributed by atoms with van der Waals surface area (Å²) in [5.41, 5.74) is 3.15.